The monoisotopic (exact) mass is 547 g/mol. The molecule has 8 heteroatoms. The fourth-order valence-electron chi connectivity index (χ4n) is 5.31. The molecule has 1 aromatic heterocycles. The summed E-state index contributed by atoms with van der Waals surface area (Å²) >= 11 is 6.11. The van der Waals surface area contributed by atoms with E-state index < -0.39 is 0 Å². The Balaban J connectivity index is 1.42. The molecule has 0 saturated heterocycles. The molecule has 0 N–H and O–H groups in total. The number of amides is 2. The van der Waals surface area contributed by atoms with Crippen LogP contribution in [0.15, 0.2) is 60.8 Å². The van der Waals surface area contributed by atoms with Gasteiger partial charge in [-0.15, -0.1) is 0 Å². The fraction of sp³-hybridized carbons (Fsp3) is 0.452. The van der Waals surface area contributed by atoms with Crippen molar-refractivity contribution >= 4 is 29.1 Å². The van der Waals surface area contributed by atoms with Crippen molar-refractivity contribution < 1.29 is 9.59 Å². The smallest absolute Gasteiger partial charge is 0.274 e. The summed E-state index contributed by atoms with van der Waals surface area (Å²) in [5.41, 5.74) is 3.61. The van der Waals surface area contributed by atoms with E-state index >= 15 is 0 Å². The van der Waals surface area contributed by atoms with Gasteiger partial charge in [-0.2, -0.15) is 5.10 Å². The second kappa shape index (κ2) is 12.8. The van der Waals surface area contributed by atoms with Crippen LogP contribution in [0.2, 0.25) is 5.02 Å². The number of hydrogen-bond acceptors (Lipinski definition) is 4. The van der Waals surface area contributed by atoms with Gasteiger partial charge in [-0.05, 0) is 67.5 Å². The number of carbonyl (C=O) groups is 2. The third kappa shape index (κ3) is 7.08. The minimum Gasteiger partial charge on any atom is -0.333 e. The van der Waals surface area contributed by atoms with Gasteiger partial charge in [0.05, 0.1) is 0 Å². The Labute approximate surface area is 236 Å². The summed E-state index contributed by atoms with van der Waals surface area (Å²) in [6.07, 6.45) is 6.50. The summed E-state index contributed by atoms with van der Waals surface area (Å²) in [6.45, 7) is 7.14. The normalized spacial score (nSPS) is 17.3. The Morgan fingerprint density at radius 1 is 0.949 bits per heavy atom. The second-order valence-corrected chi connectivity index (χ2v) is 11.1. The van der Waals surface area contributed by atoms with Crippen molar-refractivity contribution in [3.63, 3.8) is 0 Å². The zero-order valence-electron chi connectivity index (χ0n) is 22.8. The Hall–Kier alpha value is -3.16. The van der Waals surface area contributed by atoms with E-state index in [-0.39, 0.29) is 17.7 Å². The van der Waals surface area contributed by atoms with Gasteiger partial charge in [-0.1, -0.05) is 48.9 Å². The van der Waals surface area contributed by atoms with Crippen molar-refractivity contribution in [3.05, 3.63) is 82.6 Å². The van der Waals surface area contributed by atoms with E-state index in [1.165, 1.54) is 5.56 Å². The van der Waals surface area contributed by atoms with Gasteiger partial charge in [0.15, 0.2) is 0 Å². The summed E-state index contributed by atoms with van der Waals surface area (Å²) in [5, 5.41) is 5.29. The van der Waals surface area contributed by atoms with Crippen molar-refractivity contribution in [2.24, 2.45) is 5.92 Å². The largest absolute Gasteiger partial charge is 0.333 e. The van der Waals surface area contributed by atoms with Crippen molar-refractivity contribution in [2.75, 3.05) is 31.1 Å². The zero-order chi connectivity index (χ0) is 27.2. The highest BCUT2D eigenvalue weighted by Gasteiger charge is 2.35. The highest BCUT2D eigenvalue weighted by molar-refractivity contribution is 6.30. The van der Waals surface area contributed by atoms with Crippen molar-refractivity contribution in [2.45, 2.75) is 58.7 Å². The van der Waals surface area contributed by atoms with E-state index in [1.807, 2.05) is 57.1 Å². The van der Waals surface area contributed by atoms with Crippen LogP contribution in [-0.2, 0) is 24.4 Å². The van der Waals surface area contributed by atoms with Gasteiger partial charge >= 0.3 is 0 Å². The predicted octanol–water partition coefficient (Wildman–Crippen LogP) is 5.63. The van der Waals surface area contributed by atoms with Crippen LogP contribution in [0.25, 0.3) is 0 Å². The SMILES string of the molecule is CCCn1ccc(C(=O)N2CCCN(Cc3ccc(Cl)cc3)CCCN(C(=O)C3CC3)c3ccccc3C2)n1. The van der Waals surface area contributed by atoms with Gasteiger partial charge in [0.1, 0.15) is 5.69 Å². The maximum absolute atomic E-state index is 13.7. The molecule has 0 unspecified atom stereocenters. The van der Waals surface area contributed by atoms with E-state index in [2.05, 4.69) is 35.1 Å². The molecule has 0 atom stereocenters. The van der Waals surface area contributed by atoms with Gasteiger partial charge < -0.3 is 9.80 Å². The average Bonchev–Trinajstić information content (AvgIpc) is 3.69. The van der Waals surface area contributed by atoms with E-state index in [0.717, 1.165) is 74.6 Å². The summed E-state index contributed by atoms with van der Waals surface area (Å²) in [5.74, 6) is 0.261. The number of aromatic nitrogens is 2. The van der Waals surface area contributed by atoms with E-state index in [9.17, 15) is 9.59 Å². The number of para-hydroxylation sites is 1. The Bertz CT molecular complexity index is 1270. The second-order valence-electron chi connectivity index (χ2n) is 10.7. The van der Waals surface area contributed by atoms with Crippen molar-refractivity contribution in [1.29, 1.82) is 0 Å². The van der Waals surface area contributed by atoms with Crippen LogP contribution >= 0.6 is 11.6 Å². The van der Waals surface area contributed by atoms with Gasteiger partial charge in [0, 0.05) is 68.6 Å². The number of rotatable bonds is 6. The van der Waals surface area contributed by atoms with Gasteiger partial charge in [0.2, 0.25) is 5.91 Å². The standard InChI is InChI=1S/C31H38ClN5O2/c1-2-16-36-21-15-28(33-36)31(39)35-19-5-17-34(22-24-9-13-27(32)14-10-24)18-6-20-37(30(38)25-11-12-25)29-8-4-3-7-26(29)23-35/h3-4,7-10,13-15,21,25H,2,5-6,11-12,16-20,22-23H2,1H3. The number of hydrogen-bond donors (Lipinski definition) is 0. The molecule has 206 valence electrons. The fourth-order valence-corrected chi connectivity index (χ4v) is 5.44. The molecule has 2 aromatic carbocycles. The quantitative estimate of drug-likeness (QED) is 0.401. The van der Waals surface area contributed by atoms with Crippen LogP contribution in [0.5, 0.6) is 0 Å². The highest BCUT2D eigenvalue weighted by atomic mass is 35.5. The Kier molecular flexibility index (Phi) is 8.99. The maximum Gasteiger partial charge on any atom is 0.274 e. The number of halogens is 1. The molecule has 7 nitrogen and oxygen atoms in total. The molecule has 1 saturated carbocycles. The Morgan fingerprint density at radius 3 is 2.44 bits per heavy atom. The molecular formula is C31H38ClN5O2. The van der Waals surface area contributed by atoms with Gasteiger partial charge in [-0.25, -0.2) is 0 Å². The lowest BCUT2D eigenvalue weighted by Crippen LogP contribution is -2.39. The first-order chi connectivity index (χ1) is 19.0. The molecule has 1 aliphatic carbocycles. The van der Waals surface area contributed by atoms with E-state index in [4.69, 9.17) is 11.6 Å². The number of fused-ring (bicyclic) bond motifs is 1. The summed E-state index contributed by atoms with van der Waals surface area (Å²) in [7, 11) is 0. The minimum absolute atomic E-state index is 0.0685. The summed E-state index contributed by atoms with van der Waals surface area (Å²) in [4.78, 5) is 33.5. The summed E-state index contributed by atoms with van der Waals surface area (Å²) < 4.78 is 1.83. The van der Waals surface area contributed by atoms with E-state index in [0.29, 0.717) is 25.3 Å². The molecule has 1 aliphatic heterocycles. The lowest BCUT2D eigenvalue weighted by Gasteiger charge is -2.31. The molecule has 3 aromatic rings. The van der Waals surface area contributed by atoms with Crippen molar-refractivity contribution in [1.82, 2.24) is 19.6 Å². The first-order valence-corrected chi connectivity index (χ1v) is 14.6. The molecule has 2 amide bonds. The first-order valence-electron chi connectivity index (χ1n) is 14.2. The van der Waals surface area contributed by atoms with Crippen molar-refractivity contribution in [3.8, 4) is 0 Å². The lowest BCUT2D eigenvalue weighted by molar-refractivity contribution is -0.119. The van der Waals surface area contributed by atoms with Crippen LogP contribution in [-0.4, -0.2) is 57.6 Å². The van der Waals surface area contributed by atoms with Gasteiger partial charge in [-0.3, -0.25) is 19.2 Å². The molecule has 1 fully saturated rings. The molecule has 5 rings (SSSR count). The topological polar surface area (TPSA) is 61.7 Å². The molecule has 39 heavy (non-hydrogen) atoms. The average molecular weight is 548 g/mol. The van der Waals surface area contributed by atoms with Crippen LogP contribution < -0.4 is 4.90 Å². The molecule has 0 spiro atoms. The highest BCUT2D eigenvalue weighted by Crippen LogP contribution is 2.34. The predicted molar refractivity (Wildman–Crippen MR) is 155 cm³/mol. The van der Waals surface area contributed by atoms with Crippen LogP contribution in [0.1, 0.15) is 60.6 Å². The lowest BCUT2D eigenvalue weighted by atomic mass is 10.1. The van der Waals surface area contributed by atoms with Crippen LogP contribution in [0, 0.1) is 5.92 Å². The molecule has 2 aliphatic rings. The number of benzene rings is 2. The minimum atomic E-state index is -0.0685. The third-order valence-electron chi connectivity index (χ3n) is 7.51. The summed E-state index contributed by atoms with van der Waals surface area (Å²) in [6, 6.07) is 17.9. The third-order valence-corrected chi connectivity index (χ3v) is 7.77. The maximum atomic E-state index is 13.7. The molecular weight excluding hydrogens is 510 g/mol. The number of anilines is 1. The number of aryl methyl sites for hydroxylation is 1. The van der Waals surface area contributed by atoms with E-state index in [1.54, 1.807) is 0 Å². The first kappa shape index (κ1) is 27.4. The Morgan fingerprint density at radius 2 is 1.69 bits per heavy atom. The van der Waals surface area contributed by atoms with Crippen LogP contribution in [0.4, 0.5) is 5.69 Å². The molecule has 2 heterocycles. The zero-order valence-corrected chi connectivity index (χ0v) is 23.5. The molecule has 0 radical (unpaired) electrons. The molecule has 0 bridgehead atoms. The van der Waals surface area contributed by atoms with Crippen LogP contribution in [0.3, 0.4) is 0 Å². The number of carbonyl (C=O) groups excluding carboxylic acids is 2. The number of nitrogens with zero attached hydrogens (tertiary/aromatic N) is 5. The van der Waals surface area contributed by atoms with Gasteiger partial charge in [0.25, 0.3) is 5.91 Å².